The molecule has 0 spiro atoms. The Bertz CT molecular complexity index is 548. The van der Waals surface area contributed by atoms with Crippen molar-refractivity contribution in [2.75, 3.05) is 5.73 Å². The lowest BCUT2D eigenvalue weighted by Gasteiger charge is -2.09. The fourth-order valence-corrected chi connectivity index (χ4v) is 2.15. The lowest BCUT2D eigenvalue weighted by Crippen LogP contribution is -2.35. The first kappa shape index (κ1) is 15.0. The van der Waals surface area contributed by atoms with E-state index in [1.54, 1.807) is 6.07 Å². The first-order chi connectivity index (χ1) is 9.51. The van der Waals surface area contributed by atoms with E-state index in [1.807, 2.05) is 22.6 Å². The van der Waals surface area contributed by atoms with Gasteiger partial charge in [0.2, 0.25) is 0 Å². The molecule has 1 unspecified atom stereocenters. The summed E-state index contributed by atoms with van der Waals surface area (Å²) < 4.78 is 12.6. The predicted octanol–water partition coefficient (Wildman–Crippen LogP) is 1.41. The summed E-state index contributed by atoms with van der Waals surface area (Å²) in [6, 6.07) is 4.43. The van der Waals surface area contributed by atoms with Gasteiger partial charge in [0.1, 0.15) is 9.87 Å². The fourth-order valence-electron chi connectivity index (χ4n) is 1.51. The zero-order chi connectivity index (χ0) is 14.7. The summed E-state index contributed by atoms with van der Waals surface area (Å²) in [6.07, 6.45) is 1.90. The second kappa shape index (κ2) is 6.35. The van der Waals surface area contributed by atoms with E-state index in [4.69, 9.17) is 11.6 Å². The first-order valence-electron chi connectivity index (χ1n) is 5.95. The molecule has 1 amide bonds. The van der Waals surface area contributed by atoms with Gasteiger partial charge in [-0.1, -0.05) is 28.7 Å². The third-order valence-corrected chi connectivity index (χ3v) is 3.74. The van der Waals surface area contributed by atoms with Gasteiger partial charge in [0.15, 0.2) is 0 Å². The minimum atomic E-state index is -0.497. The Hall–Kier alpha value is -1.42. The van der Waals surface area contributed by atoms with Crippen LogP contribution in [0.2, 0.25) is 0 Å². The molecule has 0 aromatic heterocycles. The lowest BCUT2D eigenvalue weighted by atomic mass is 10.2. The molecule has 2 rings (SSSR count). The maximum absolute atomic E-state index is 13.1. The number of nitrogens with two attached hydrogens (primary N) is 2. The molecule has 1 saturated carbocycles. The number of halogens is 2. The number of nitrogens with zero attached hydrogens (tertiary/aromatic N) is 1. The van der Waals surface area contributed by atoms with Crippen LogP contribution in [0.4, 0.5) is 10.1 Å². The summed E-state index contributed by atoms with van der Waals surface area (Å²) >= 11 is 1.98. The van der Waals surface area contributed by atoms with Crippen LogP contribution in [0.5, 0.6) is 0 Å². The summed E-state index contributed by atoms with van der Waals surface area (Å²) in [5, 5.41) is 2.72. The van der Waals surface area contributed by atoms with Crippen LogP contribution in [0.3, 0.4) is 0 Å². The molecule has 0 radical (unpaired) electrons. The molecule has 1 fully saturated rings. The normalized spacial score (nSPS) is 16.6. The van der Waals surface area contributed by atoms with Crippen LogP contribution in [0.1, 0.15) is 22.5 Å². The highest BCUT2D eigenvalue weighted by molar-refractivity contribution is 14.1. The molecular formula is C12H14FIN4O2. The van der Waals surface area contributed by atoms with Gasteiger partial charge in [-0.25, -0.2) is 9.38 Å². The van der Waals surface area contributed by atoms with E-state index in [1.165, 1.54) is 12.1 Å². The SMILES string of the molecule is NOC(=NC(I)c1ccc(F)c(N)c1)C(=O)NC1CC1. The zero-order valence-corrected chi connectivity index (χ0v) is 12.6. The zero-order valence-electron chi connectivity index (χ0n) is 10.5. The molecule has 1 aliphatic carbocycles. The van der Waals surface area contributed by atoms with E-state index in [2.05, 4.69) is 15.1 Å². The summed E-state index contributed by atoms with van der Waals surface area (Å²) in [5.74, 6) is 3.91. The lowest BCUT2D eigenvalue weighted by molar-refractivity contribution is -0.116. The van der Waals surface area contributed by atoms with Crippen molar-refractivity contribution in [2.45, 2.75) is 22.9 Å². The first-order valence-corrected chi connectivity index (χ1v) is 7.20. The van der Waals surface area contributed by atoms with E-state index < -0.39 is 15.8 Å². The highest BCUT2D eigenvalue weighted by atomic mass is 127. The number of carbonyl (C=O) groups excluding carboxylic acids is 1. The Balaban J connectivity index is 2.12. The number of anilines is 1. The van der Waals surface area contributed by atoms with E-state index >= 15 is 0 Å². The average Bonchev–Trinajstić information content (AvgIpc) is 3.22. The molecule has 20 heavy (non-hydrogen) atoms. The van der Waals surface area contributed by atoms with Gasteiger partial charge in [-0.15, -0.1) is 0 Å². The van der Waals surface area contributed by atoms with Crippen LogP contribution in [-0.2, 0) is 9.63 Å². The molecular weight excluding hydrogens is 378 g/mol. The van der Waals surface area contributed by atoms with Crippen molar-refractivity contribution < 1.29 is 14.0 Å². The Morgan fingerprint density at radius 2 is 2.25 bits per heavy atom. The summed E-state index contributed by atoms with van der Waals surface area (Å²) in [7, 11) is 0. The number of rotatable bonds is 3. The van der Waals surface area contributed by atoms with Gasteiger partial charge in [0.05, 0.1) is 5.69 Å². The maximum Gasteiger partial charge on any atom is 0.308 e. The Morgan fingerprint density at radius 1 is 1.55 bits per heavy atom. The molecule has 5 N–H and O–H groups in total. The third kappa shape index (κ3) is 3.79. The van der Waals surface area contributed by atoms with Crippen molar-refractivity contribution in [1.82, 2.24) is 5.32 Å². The van der Waals surface area contributed by atoms with Gasteiger partial charge in [-0.3, -0.25) is 4.79 Å². The number of hydrogen-bond acceptors (Lipinski definition) is 5. The maximum atomic E-state index is 13.1. The van der Waals surface area contributed by atoms with Gasteiger partial charge in [0, 0.05) is 6.04 Å². The minimum absolute atomic E-state index is 0.0250. The van der Waals surface area contributed by atoms with Crippen molar-refractivity contribution in [2.24, 2.45) is 10.9 Å². The number of hydrogen-bond donors (Lipinski definition) is 3. The van der Waals surface area contributed by atoms with Gasteiger partial charge in [-0.2, -0.15) is 5.90 Å². The summed E-state index contributed by atoms with van der Waals surface area (Å²) in [6.45, 7) is 0. The molecule has 1 atom stereocenters. The number of benzene rings is 1. The highest BCUT2D eigenvalue weighted by Gasteiger charge is 2.26. The number of nitrogen functional groups attached to an aromatic ring is 1. The second-order valence-corrected chi connectivity index (χ2v) is 5.60. The van der Waals surface area contributed by atoms with Gasteiger partial charge < -0.3 is 15.9 Å². The molecule has 1 aliphatic rings. The molecule has 6 nitrogen and oxygen atoms in total. The molecule has 8 heteroatoms. The van der Waals surface area contributed by atoms with Crippen LogP contribution in [0.15, 0.2) is 23.2 Å². The standard InChI is InChI=1S/C12H14FIN4O2/c13-8-4-1-6(5-9(8)15)10(14)18-12(20-16)11(19)17-7-2-3-7/h1,4-5,7,10H,2-3,15-16H2,(H,17,19). The molecule has 108 valence electrons. The van der Waals surface area contributed by atoms with Crippen LogP contribution in [0.25, 0.3) is 0 Å². The number of amides is 1. The number of alkyl halides is 1. The third-order valence-electron chi connectivity index (χ3n) is 2.74. The van der Waals surface area contributed by atoms with Crippen LogP contribution in [-0.4, -0.2) is 17.8 Å². The van der Waals surface area contributed by atoms with Crippen molar-refractivity contribution >= 4 is 40.1 Å². The largest absolute Gasteiger partial charge is 0.396 e. The van der Waals surface area contributed by atoms with Crippen LogP contribution in [0, 0.1) is 5.82 Å². The Labute approximate surface area is 128 Å². The van der Waals surface area contributed by atoms with Crippen molar-refractivity contribution in [3.05, 3.63) is 29.6 Å². The quantitative estimate of drug-likeness (QED) is 0.138. The van der Waals surface area contributed by atoms with Gasteiger partial charge in [0.25, 0.3) is 5.90 Å². The number of nitrogens with one attached hydrogen (secondary N) is 1. The summed E-state index contributed by atoms with van der Waals surface area (Å²) in [5.41, 5.74) is 6.17. The van der Waals surface area contributed by atoms with E-state index in [9.17, 15) is 9.18 Å². The second-order valence-electron chi connectivity index (χ2n) is 4.42. The van der Waals surface area contributed by atoms with Crippen molar-refractivity contribution in [3.63, 3.8) is 0 Å². The molecule has 0 aliphatic heterocycles. The molecule has 0 heterocycles. The smallest absolute Gasteiger partial charge is 0.308 e. The molecule has 0 bridgehead atoms. The monoisotopic (exact) mass is 392 g/mol. The number of carbonyl (C=O) groups is 1. The minimum Gasteiger partial charge on any atom is -0.396 e. The van der Waals surface area contributed by atoms with Crippen molar-refractivity contribution in [1.29, 1.82) is 0 Å². The Kier molecular flexibility index (Phi) is 4.76. The average molecular weight is 392 g/mol. The molecule has 1 aromatic rings. The number of aliphatic imine (C=N–C) groups is 1. The predicted molar refractivity (Wildman–Crippen MR) is 81.4 cm³/mol. The fraction of sp³-hybridized carbons (Fsp3) is 0.333. The summed E-state index contributed by atoms with van der Waals surface area (Å²) in [4.78, 5) is 20.4. The Morgan fingerprint density at radius 3 is 2.80 bits per heavy atom. The van der Waals surface area contributed by atoms with Gasteiger partial charge >= 0.3 is 5.91 Å². The molecule has 0 saturated heterocycles. The van der Waals surface area contributed by atoms with E-state index in [-0.39, 0.29) is 17.6 Å². The van der Waals surface area contributed by atoms with E-state index in [0.717, 1.165) is 12.8 Å². The topological polar surface area (TPSA) is 103 Å². The molecule has 1 aromatic carbocycles. The van der Waals surface area contributed by atoms with Gasteiger partial charge in [-0.05, 0) is 30.5 Å². The highest BCUT2D eigenvalue weighted by Crippen LogP contribution is 2.27. The van der Waals surface area contributed by atoms with Crippen LogP contribution < -0.4 is 16.9 Å². The van der Waals surface area contributed by atoms with Crippen LogP contribution >= 0.6 is 22.6 Å². The van der Waals surface area contributed by atoms with E-state index in [0.29, 0.717) is 5.56 Å². The van der Waals surface area contributed by atoms with Crippen molar-refractivity contribution in [3.8, 4) is 0 Å².